The molecule has 0 saturated heterocycles. The lowest BCUT2D eigenvalue weighted by Crippen LogP contribution is -2.10. The first-order valence-electron chi connectivity index (χ1n) is 21.7. The Bertz CT molecular complexity index is 3350. The second kappa shape index (κ2) is 17.2. The van der Waals surface area contributed by atoms with Crippen LogP contribution in [0.1, 0.15) is 16.7 Å². The zero-order valence-electron chi connectivity index (χ0n) is 35.8. The molecular formula is C61H47NO. The van der Waals surface area contributed by atoms with E-state index in [1.165, 1.54) is 60.8 Å². The topological polar surface area (TPSA) is 16.4 Å². The van der Waals surface area contributed by atoms with Crippen LogP contribution in [0.15, 0.2) is 235 Å². The third-order valence-electron chi connectivity index (χ3n) is 12.1. The predicted molar refractivity (Wildman–Crippen MR) is 268 cm³/mol. The standard InChI is InChI=1S/C48H35NO.C13H12/c1-32-11-3-5-14-40(32)45-31-37(22-21-33(45)2)34-23-27-38(28-24-34)49(46-19-9-13-35-12-4-6-15-41(35)46)39-29-25-36(26-30-39)42-17-10-18-44-43-16-7-8-20-47(43)50-48(42)44;1-11-6-5-9-13(10-11)12-7-3-2-4-8-12/h3-31H,1-2H3;2-10H,1H3. The molecular weight excluding hydrogens is 763 g/mol. The Kier molecular flexibility index (Phi) is 10.7. The van der Waals surface area contributed by atoms with Crippen molar-refractivity contribution in [1.29, 1.82) is 0 Å². The highest BCUT2D eigenvalue weighted by molar-refractivity contribution is 6.09. The van der Waals surface area contributed by atoms with Crippen LogP contribution in [0.25, 0.3) is 77.2 Å². The van der Waals surface area contributed by atoms with Gasteiger partial charge in [-0.25, -0.2) is 0 Å². The van der Waals surface area contributed by atoms with Gasteiger partial charge in [-0.2, -0.15) is 0 Å². The van der Waals surface area contributed by atoms with Crippen LogP contribution in [0, 0.1) is 20.8 Å². The fraction of sp³-hybridized carbons (Fsp3) is 0.0492. The van der Waals surface area contributed by atoms with Crippen LogP contribution >= 0.6 is 0 Å². The SMILES string of the molecule is Cc1cccc(-c2ccccc2)c1.Cc1ccccc1-c1cc(-c2ccc(N(c3ccc(-c4cccc5c4oc4ccccc45)cc3)c3cccc4ccccc34)cc2)ccc1C. The minimum absolute atomic E-state index is 0.911. The van der Waals surface area contributed by atoms with Gasteiger partial charge in [-0.3, -0.25) is 0 Å². The lowest BCUT2D eigenvalue weighted by atomic mass is 9.93. The minimum atomic E-state index is 0.911. The van der Waals surface area contributed by atoms with E-state index in [-0.39, 0.29) is 0 Å². The van der Waals surface area contributed by atoms with Crippen LogP contribution in [-0.2, 0) is 0 Å². The Balaban J connectivity index is 0.000000310. The summed E-state index contributed by atoms with van der Waals surface area (Å²) in [4.78, 5) is 2.37. The van der Waals surface area contributed by atoms with Crippen LogP contribution in [0.4, 0.5) is 17.1 Å². The summed E-state index contributed by atoms with van der Waals surface area (Å²) in [6.45, 7) is 6.50. The predicted octanol–water partition coefficient (Wildman–Crippen LogP) is 17.5. The van der Waals surface area contributed by atoms with Gasteiger partial charge < -0.3 is 9.32 Å². The Morgan fingerprint density at radius 3 is 1.65 bits per heavy atom. The second-order valence-electron chi connectivity index (χ2n) is 16.3. The first kappa shape index (κ1) is 39.2. The average molecular weight is 810 g/mol. The zero-order valence-corrected chi connectivity index (χ0v) is 35.8. The van der Waals surface area contributed by atoms with Crippen LogP contribution in [-0.4, -0.2) is 0 Å². The van der Waals surface area contributed by atoms with E-state index in [0.717, 1.165) is 50.1 Å². The van der Waals surface area contributed by atoms with Gasteiger partial charge in [-0.1, -0.05) is 194 Å². The van der Waals surface area contributed by atoms with Crippen molar-refractivity contribution in [3.8, 4) is 44.5 Å². The third kappa shape index (κ3) is 7.91. The monoisotopic (exact) mass is 809 g/mol. The Hall–Kier alpha value is -7.94. The largest absolute Gasteiger partial charge is 0.455 e. The van der Waals surface area contributed by atoms with Crippen molar-refractivity contribution in [3.05, 3.63) is 247 Å². The first-order chi connectivity index (χ1) is 31.0. The molecule has 0 atom stereocenters. The number of rotatable bonds is 7. The summed E-state index contributed by atoms with van der Waals surface area (Å²) in [7, 11) is 0. The molecule has 0 spiro atoms. The number of hydrogen-bond acceptors (Lipinski definition) is 2. The highest BCUT2D eigenvalue weighted by Gasteiger charge is 2.18. The van der Waals surface area contributed by atoms with Crippen LogP contribution in [0.3, 0.4) is 0 Å². The van der Waals surface area contributed by atoms with E-state index in [9.17, 15) is 0 Å². The molecule has 302 valence electrons. The molecule has 2 heteroatoms. The van der Waals surface area contributed by atoms with Gasteiger partial charge in [0, 0.05) is 33.1 Å². The van der Waals surface area contributed by atoms with Crippen LogP contribution in [0.2, 0.25) is 0 Å². The van der Waals surface area contributed by atoms with E-state index in [0.29, 0.717) is 0 Å². The molecule has 1 heterocycles. The maximum absolute atomic E-state index is 6.38. The van der Waals surface area contributed by atoms with E-state index >= 15 is 0 Å². The van der Waals surface area contributed by atoms with Gasteiger partial charge in [0.2, 0.25) is 0 Å². The molecule has 0 unspecified atom stereocenters. The van der Waals surface area contributed by atoms with Crippen LogP contribution in [0.5, 0.6) is 0 Å². The summed E-state index contributed by atoms with van der Waals surface area (Å²) in [6, 6.07) is 82.1. The number of furan rings is 1. The molecule has 1 aromatic heterocycles. The molecule has 0 saturated carbocycles. The molecule has 2 nitrogen and oxygen atoms in total. The van der Waals surface area contributed by atoms with E-state index in [1.807, 2.05) is 18.2 Å². The second-order valence-corrected chi connectivity index (χ2v) is 16.3. The highest BCUT2D eigenvalue weighted by atomic mass is 16.3. The summed E-state index contributed by atoms with van der Waals surface area (Å²) in [5.74, 6) is 0. The molecule has 10 aromatic carbocycles. The van der Waals surface area contributed by atoms with Gasteiger partial charge in [-0.15, -0.1) is 0 Å². The summed E-state index contributed by atoms with van der Waals surface area (Å²) in [6.07, 6.45) is 0. The van der Waals surface area contributed by atoms with Gasteiger partial charge >= 0.3 is 0 Å². The lowest BCUT2D eigenvalue weighted by molar-refractivity contribution is 0.670. The summed E-state index contributed by atoms with van der Waals surface area (Å²) < 4.78 is 6.38. The van der Waals surface area contributed by atoms with Crippen molar-refractivity contribution < 1.29 is 4.42 Å². The molecule has 0 fully saturated rings. The van der Waals surface area contributed by atoms with Gasteiger partial charge in [0.25, 0.3) is 0 Å². The van der Waals surface area contributed by atoms with Gasteiger partial charge in [0.05, 0.1) is 5.69 Å². The summed E-state index contributed by atoms with van der Waals surface area (Å²) in [5, 5.41) is 4.70. The van der Waals surface area contributed by atoms with E-state index in [1.54, 1.807) is 0 Å². The number of para-hydroxylation sites is 2. The summed E-state index contributed by atoms with van der Waals surface area (Å²) in [5.41, 5.74) is 18.8. The smallest absolute Gasteiger partial charge is 0.143 e. The molecule has 11 rings (SSSR count). The molecule has 0 N–H and O–H groups in total. The number of nitrogens with zero attached hydrogens (tertiary/aromatic N) is 1. The molecule has 0 aliphatic heterocycles. The van der Waals surface area contributed by atoms with Crippen molar-refractivity contribution in [3.63, 3.8) is 0 Å². The molecule has 63 heavy (non-hydrogen) atoms. The fourth-order valence-corrected chi connectivity index (χ4v) is 8.82. The van der Waals surface area contributed by atoms with Gasteiger partial charge in [0.1, 0.15) is 11.2 Å². The number of fused-ring (bicyclic) bond motifs is 4. The Morgan fingerprint density at radius 1 is 0.333 bits per heavy atom. The highest BCUT2D eigenvalue weighted by Crippen LogP contribution is 2.42. The quantitative estimate of drug-likeness (QED) is 0.159. The minimum Gasteiger partial charge on any atom is -0.455 e. The van der Waals surface area contributed by atoms with E-state index in [2.05, 4.69) is 238 Å². The molecule has 0 radical (unpaired) electrons. The van der Waals surface area contributed by atoms with Crippen molar-refractivity contribution in [1.82, 2.24) is 0 Å². The number of hydrogen-bond donors (Lipinski definition) is 0. The maximum Gasteiger partial charge on any atom is 0.143 e. The number of anilines is 3. The fourth-order valence-electron chi connectivity index (χ4n) is 8.82. The molecule has 0 bridgehead atoms. The molecule has 0 aliphatic rings. The maximum atomic E-state index is 6.38. The van der Waals surface area contributed by atoms with Crippen molar-refractivity contribution in [2.24, 2.45) is 0 Å². The van der Waals surface area contributed by atoms with Crippen molar-refractivity contribution in [2.75, 3.05) is 4.90 Å². The third-order valence-corrected chi connectivity index (χ3v) is 12.1. The average Bonchev–Trinajstić information content (AvgIpc) is 3.72. The lowest BCUT2D eigenvalue weighted by Gasteiger charge is -2.27. The van der Waals surface area contributed by atoms with E-state index in [4.69, 9.17) is 4.42 Å². The Labute approximate surface area is 370 Å². The molecule has 0 amide bonds. The molecule has 11 aromatic rings. The van der Waals surface area contributed by atoms with E-state index < -0.39 is 0 Å². The van der Waals surface area contributed by atoms with Crippen molar-refractivity contribution >= 4 is 49.8 Å². The Morgan fingerprint density at radius 2 is 0.873 bits per heavy atom. The van der Waals surface area contributed by atoms with Gasteiger partial charge in [-0.05, 0) is 119 Å². The normalized spacial score (nSPS) is 11.1. The number of benzene rings is 10. The van der Waals surface area contributed by atoms with Crippen LogP contribution < -0.4 is 4.90 Å². The number of aryl methyl sites for hydroxylation is 3. The molecule has 0 aliphatic carbocycles. The first-order valence-corrected chi connectivity index (χ1v) is 21.7. The summed E-state index contributed by atoms with van der Waals surface area (Å²) >= 11 is 0. The van der Waals surface area contributed by atoms with Gasteiger partial charge in [0.15, 0.2) is 0 Å². The van der Waals surface area contributed by atoms with Crippen molar-refractivity contribution in [2.45, 2.75) is 20.8 Å². The zero-order chi connectivity index (χ0) is 42.7.